The number of allylic oxidation sites excluding steroid dienone is 1. The number of rotatable bonds is 9. The molecule has 0 bridgehead atoms. The van der Waals surface area contributed by atoms with Gasteiger partial charge in [-0.25, -0.2) is 0 Å². The van der Waals surface area contributed by atoms with E-state index in [-0.39, 0.29) is 0 Å². The molecule has 126 valence electrons. The molecule has 0 aliphatic carbocycles. The Balaban J connectivity index is 2.17. The summed E-state index contributed by atoms with van der Waals surface area (Å²) in [6, 6.07) is 16.6. The van der Waals surface area contributed by atoms with E-state index in [4.69, 9.17) is 17.0 Å². The molecule has 0 heterocycles. The number of ether oxygens (including phenoxy) is 1. The van der Waals surface area contributed by atoms with Gasteiger partial charge in [-0.05, 0) is 42.2 Å². The van der Waals surface area contributed by atoms with Crippen molar-refractivity contribution in [2.24, 2.45) is 0 Å². The molecule has 0 aliphatic heterocycles. The highest BCUT2D eigenvalue weighted by atomic mass is 32.1. The van der Waals surface area contributed by atoms with Gasteiger partial charge in [0.25, 0.3) is 0 Å². The Morgan fingerprint density at radius 2 is 1.83 bits per heavy atom. The van der Waals surface area contributed by atoms with Crippen LogP contribution in [0.4, 0.5) is 0 Å². The lowest BCUT2D eigenvalue weighted by Crippen LogP contribution is -1.99. The maximum absolute atomic E-state index is 6.01. The van der Waals surface area contributed by atoms with Crippen LogP contribution in [0.3, 0.4) is 0 Å². The third-order valence-electron chi connectivity index (χ3n) is 3.84. The van der Waals surface area contributed by atoms with Gasteiger partial charge in [-0.15, -0.1) is 0 Å². The van der Waals surface area contributed by atoms with Crippen LogP contribution in [-0.2, 0) is 6.42 Å². The fourth-order valence-corrected chi connectivity index (χ4v) is 2.68. The first kappa shape index (κ1) is 18.4. The molecule has 0 aromatic heterocycles. The third-order valence-corrected chi connectivity index (χ3v) is 4.22. The van der Waals surface area contributed by atoms with E-state index in [0.29, 0.717) is 0 Å². The molecule has 0 unspecified atom stereocenters. The minimum Gasteiger partial charge on any atom is -0.493 e. The van der Waals surface area contributed by atoms with Gasteiger partial charge < -0.3 is 4.74 Å². The molecule has 0 spiro atoms. The van der Waals surface area contributed by atoms with Gasteiger partial charge in [0.1, 0.15) is 5.75 Å². The van der Waals surface area contributed by atoms with Crippen LogP contribution in [0.1, 0.15) is 49.8 Å². The van der Waals surface area contributed by atoms with Crippen LogP contribution < -0.4 is 4.74 Å². The number of unbranched alkanes of at least 4 members (excludes halogenated alkanes) is 1. The molecular weight excluding hydrogens is 312 g/mol. The standard InChI is InChI=1S/C22H26OS/c1-3-5-16-23-21-17-18(9-4-2)12-13-19(21)14-15-22(24)20-10-7-6-8-11-20/h6-8,10-15,17H,3-5,9,16H2,1-2H3. The molecule has 24 heavy (non-hydrogen) atoms. The maximum Gasteiger partial charge on any atom is 0.126 e. The predicted octanol–water partition coefficient (Wildman–Crippen LogP) is 6.25. The normalized spacial score (nSPS) is 10.9. The van der Waals surface area contributed by atoms with Crippen molar-refractivity contribution < 1.29 is 4.74 Å². The van der Waals surface area contributed by atoms with Gasteiger partial charge in [0.05, 0.1) is 6.61 Å². The Bertz CT molecular complexity index is 674. The average Bonchev–Trinajstić information content (AvgIpc) is 2.62. The third kappa shape index (κ3) is 5.61. The first-order valence-corrected chi connectivity index (χ1v) is 9.18. The van der Waals surface area contributed by atoms with Gasteiger partial charge in [-0.3, -0.25) is 0 Å². The summed E-state index contributed by atoms with van der Waals surface area (Å²) in [4.78, 5) is 0.841. The molecule has 2 heteroatoms. The van der Waals surface area contributed by atoms with Crippen LogP contribution in [0.15, 0.2) is 54.6 Å². The fraction of sp³-hybridized carbons (Fsp3) is 0.318. The molecule has 0 aliphatic rings. The van der Waals surface area contributed by atoms with Gasteiger partial charge >= 0.3 is 0 Å². The van der Waals surface area contributed by atoms with E-state index in [1.165, 1.54) is 5.56 Å². The lowest BCUT2D eigenvalue weighted by Gasteiger charge is -2.11. The molecule has 0 radical (unpaired) electrons. The number of benzene rings is 2. The Kier molecular flexibility index (Phi) is 7.70. The molecule has 0 N–H and O–H groups in total. The van der Waals surface area contributed by atoms with E-state index in [0.717, 1.165) is 54.0 Å². The number of hydrogen-bond donors (Lipinski definition) is 0. The second-order valence-electron chi connectivity index (χ2n) is 5.89. The zero-order valence-corrected chi connectivity index (χ0v) is 15.4. The lowest BCUT2D eigenvalue weighted by atomic mass is 10.0. The van der Waals surface area contributed by atoms with Crippen molar-refractivity contribution in [2.45, 2.75) is 39.5 Å². The topological polar surface area (TPSA) is 9.23 Å². The molecule has 0 saturated heterocycles. The SMILES string of the molecule is CCCCOc1cc(CCC)ccc1C=CC(=S)c1ccccc1. The van der Waals surface area contributed by atoms with Crippen LogP contribution in [0, 0.1) is 0 Å². The van der Waals surface area contributed by atoms with E-state index >= 15 is 0 Å². The van der Waals surface area contributed by atoms with Gasteiger partial charge in [0, 0.05) is 10.4 Å². The summed E-state index contributed by atoms with van der Waals surface area (Å²) in [6.07, 6.45) is 8.48. The van der Waals surface area contributed by atoms with Gasteiger partial charge in [-0.2, -0.15) is 0 Å². The van der Waals surface area contributed by atoms with Crippen LogP contribution in [-0.4, -0.2) is 11.5 Å². The van der Waals surface area contributed by atoms with E-state index in [1.807, 2.05) is 36.4 Å². The van der Waals surface area contributed by atoms with Crippen molar-refractivity contribution in [3.63, 3.8) is 0 Å². The van der Waals surface area contributed by atoms with E-state index < -0.39 is 0 Å². The van der Waals surface area contributed by atoms with Crippen LogP contribution in [0.2, 0.25) is 0 Å². The minimum atomic E-state index is 0.760. The highest BCUT2D eigenvalue weighted by molar-refractivity contribution is 7.81. The highest BCUT2D eigenvalue weighted by Gasteiger charge is 2.04. The molecule has 2 aromatic carbocycles. The van der Waals surface area contributed by atoms with E-state index in [1.54, 1.807) is 0 Å². The summed E-state index contributed by atoms with van der Waals surface area (Å²) in [5.74, 6) is 0.960. The second kappa shape index (κ2) is 10.0. The van der Waals surface area contributed by atoms with Crippen molar-refractivity contribution in [1.82, 2.24) is 0 Å². The first-order chi connectivity index (χ1) is 11.7. The largest absolute Gasteiger partial charge is 0.493 e. The van der Waals surface area contributed by atoms with Crippen LogP contribution >= 0.6 is 12.2 Å². The number of aryl methyl sites for hydroxylation is 1. The Hall–Kier alpha value is -1.93. The summed E-state index contributed by atoms with van der Waals surface area (Å²) < 4.78 is 6.01. The molecule has 0 fully saturated rings. The van der Waals surface area contributed by atoms with Gasteiger partial charge in [-0.1, -0.05) is 81.4 Å². The summed E-state index contributed by atoms with van der Waals surface area (Å²) in [5.41, 5.74) is 3.48. The average molecular weight is 339 g/mol. The highest BCUT2D eigenvalue weighted by Crippen LogP contribution is 2.23. The van der Waals surface area contributed by atoms with Crippen LogP contribution in [0.5, 0.6) is 5.75 Å². The summed E-state index contributed by atoms with van der Waals surface area (Å²) in [7, 11) is 0. The smallest absolute Gasteiger partial charge is 0.126 e. The predicted molar refractivity (Wildman–Crippen MR) is 108 cm³/mol. The molecule has 2 rings (SSSR count). The van der Waals surface area contributed by atoms with Crippen molar-refractivity contribution in [1.29, 1.82) is 0 Å². The maximum atomic E-state index is 6.01. The Morgan fingerprint density at radius 3 is 2.54 bits per heavy atom. The molecule has 0 saturated carbocycles. The lowest BCUT2D eigenvalue weighted by molar-refractivity contribution is 0.308. The van der Waals surface area contributed by atoms with Crippen molar-refractivity contribution in [3.8, 4) is 5.75 Å². The molecule has 1 nitrogen and oxygen atoms in total. The molecule has 0 atom stereocenters. The molecule has 2 aromatic rings. The zero-order valence-electron chi connectivity index (χ0n) is 14.6. The van der Waals surface area contributed by atoms with E-state index in [9.17, 15) is 0 Å². The second-order valence-corrected chi connectivity index (χ2v) is 6.33. The van der Waals surface area contributed by atoms with Gasteiger partial charge in [0.2, 0.25) is 0 Å². The quantitative estimate of drug-likeness (QED) is 0.231. The van der Waals surface area contributed by atoms with Crippen molar-refractivity contribution in [3.05, 3.63) is 71.3 Å². The number of hydrogen-bond acceptors (Lipinski definition) is 2. The van der Waals surface area contributed by atoms with Gasteiger partial charge in [0.15, 0.2) is 0 Å². The molecule has 0 amide bonds. The first-order valence-electron chi connectivity index (χ1n) is 8.77. The zero-order chi connectivity index (χ0) is 17.2. The van der Waals surface area contributed by atoms with Crippen LogP contribution in [0.25, 0.3) is 6.08 Å². The minimum absolute atomic E-state index is 0.760. The summed E-state index contributed by atoms with van der Waals surface area (Å²) in [5, 5.41) is 0. The Morgan fingerprint density at radius 1 is 1.04 bits per heavy atom. The van der Waals surface area contributed by atoms with E-state index in [2.05, 4.69) is 38.1 Å². The number of thiocarbonyl (C=S) groups is 1. The summed E-state index contributed by atoms with van der Waals surface area (Å²) in [6.45, 7) is 5.13. The summed E-state index contributed by atoms with van der Waals surface area (Å²) >= 11 is 5.51. The fourth-order valence-electron chi connectivity index (χ4n) is 2.48. The van der Waals surface area contributed by atoms with Crippen molar-refractivity contribution >= 4 is 23.2 Å². The Labute approximate surface area is 151 Å². The van der Waals surface area contributed by atoms with Crippen molar-refractivity contribution in [2.75, 3.05) is 6.61 Å². The monoisotopic (exact) mass is 338 g/mol. The molecular formula is C22H26OS.